The minimum Gasteiger partial charge on any atom is -0.477 e. The zero-order chi connectivity index (χ0) is 26.6. The summed E-state index contributed by atoms with van der Waals surface area (Å²) in [7, 11) is 0. The monoisotopic (exact) mass is 518 g/mol. The van der Waals surface area contributed by atoms with Crippen LogP contribution in [0.1, 0.15) is 46.0 Å². The number of nitrogens with zero attached hydrogens (tertiary/aromatic N) is 4. The number of ketones is 1. The summed E-state index contributed by atoms with van der Waals surface area (Å²) in [5.74, 6) is -2.79. The van der Waals surface area contributed by atoms with Gasteiger partial charge in [0, 0.05) is 50.3 Å². The molecule has 9 nitrogen and oxygen atoms in total. The molecule has 10 heteroatoms. The maximum absolute atomic E-state index is 15.2. The number of Topliss-reactive ketones (excluding diaryl/α,β-unsaturated/α-hetero) is 1. The molecule has 3 aliphatic rings. The van der Waals surface area contributed by atoms with Gasteiger partial charge < -0.3 is 19.5 Å². The van der Waals surface area contributed by atoms with Crippen molar-refractivity contribution in [2.75, 3.05) is 49.1 Å². The van der Waals surface area contributed by atoms with E-state index in [0.717, 1.165) is 19.4 Å². The lowest BCUT2D eigenvalue weighted by molar-refractivity contribution is -0.114. The summed E-state index contributed by atoms with van der Waals surface area (Å²) in [6.45, 7) is 3.79. The lowest BCUT2D eigenvalue weighted by atomic mass is 10.1. The number of benzene rings is 2. The van der Waals surface area contributed by atoms with Crippen molar-refractivity contribution < 1.29 is 23.9 Å². The van der Waals surface area contributed by atoms with Crippen LogP contribution in [-0.2, 0) is 4.79 Å². The molecule has 6 rings (SSSR count). The first-order valence-electron chi connectivity index (χ1n) is 12.9. The number of para-hydroxylation sites is 1. The summed E-state index contributed by atoms with van der Waals surface area (Å²) in [4.78, 5) is 54.6. The van der Waals surface area contributed by atoms with Gasteiger partial charge in [-0.05, 0) is 50.1 Å². The summed E-state index contributed by atoms with van der Waals surface area (Å²) in [5, 5.41) is 9.53. The van der Waals surface area contributed by atoms with Gasteiger partial charge in [0.15, 0.2) is 0 Å². The summed E-state index contributed by atoms with van der Waals surface area (Å²) < 4.78 is 17.0. The number of pyridine rings is 1. The third-order valence-electron chi connectivity index (χ3n) is 7.72. The predicted molar refractivity (Wildman–Crippen MR) is 140 cm³/mol. The number of piperazine rings is 1. The van der Waals surface area contributed by atoms with Crippen molar-refractivity contribution in [3.8, 4) is 0 Å². The normalized spacial score (nSPS) is 17.9. The van der Waals surface area contributed by atoms with Crippen LogP contribution in [0, 0.1) is 5.82 Å². The quantitative estimate of drug-likeness (QED) is 0.480. The summed E-state index contributed by atoms with van der Waals surface area (Å²) in [6, 6.07) is 10.0. The highest BCUT2D eigenvalue weighted by Crippen LogP contribution is 2.38. The molecule has 2 aliphatic heterocycles. The van der Waals surface area contributed by atoms with Gasteiger partial charge >= 0.3 is 5.97 Å². The Hall–Kier alpha value is -4.05. The molecule has 3 heterocycles. The highest BCUT2D eigenvalue weighted by atomic mass is 19.1. The molecule has 0 bridgehead atoms. The van der Waals surface area contributed by atoms with E-state index >= 15 is 4.39 Å². The number of carboxylic acids is 1. The average molecular weight is 519 g/mol. The van der Waals surface area contributed by atoms with Gasteiger partial charge in [-0.25, -0.2) is 9.18 Å². The van der Waals surface area contributed by atoms with Crippen LogP contribution >= 0.6 is 0 Å². The molecule has 2 fully saturated rings. The fraction of sp³-hybridized carbons (Fsp3) is 0.357. The maximum atomic E-state index is 15.2. The van der Waals surface area contributed by atoms with Crippen molar-refractivity contribution in [1.29, 1.82) is 0 Å². The number of halogens is 1. The van der Waals surface area contributed by atoms with Gasteiger partial charge in [0.1, 0.15) is 11.4 Å². The second-order valence-corrected chi connectivity index (χ2v) is 10.1. The van der Waals surface area contributed by atoms with Crippen LogP contribution in [0.3, 0.4) is 0 Å². The van der Waals surface area contributed by atoms with E-state index in [0.29, 0.717) is 61.6 Å². The first-order chi connectivity index (χ1) is 18.3. The molecule has 1 N–H and O–H groups in total. The molecular weight excluding hydrogens is 491 g/mol. The van der Waals surface area contributed by atoms with Crippen LogP contribution in [0.4, 0.5) is 15.8 Å². The zero-order valence-electron chi connectivity index (χ0n) is 20.7. The van der Waals surface area contributed by atoms with Gasteiger partial charge in [-0.15, -0.1) is 0 Å². The molecule has 196 valence electrons. The second-order valence-electron chi connectivity index (χ2n) is 10.1. The molecule has 1 aromatic heterocycles. The molecule has 3 aromatic rings. The highest BCUT2D eigenvalue weighted by molar-refractivity contribution is 6.52. The Balaban J connectivity index is 1.13. The fourth-order valence-electron chi connectivity index (χ4n) is 5.54. The van der Waals surface area contributed by atoms with Crippen LogP contribution in [0.2, 0.25) is 0 Å². The minimum atomic E-state index is -1.31. The van der Waals surface area contributed by atoms with Crippen molar-refractivity contribution in [2.45, 2.75) is 25.3 Å². The van der Waals surface area contributed by atoms with Gasteiger partial charge in [0.05, 0.1) is 22.5 Å². The molecule has 0 spiro atoms. The standard InChI is InChI=1S/C28H27FN4O5/c29-21-14-19-23(33(17-6-7-17)16-20(25(19)34)28(37)38)15-24(21)31-12-10-30(11-13-31)8-3-9-32-22-5-2-1-4-18(22)26(35)27(32)36/h1-2,4-5,14-17H,3,6-13H2,(H,37,38). The third-order valence-corrected chi connectivity index (χ3v) is 7.72. The largest absolute Gasteiger partial charge is 0.477 e. The van der Waals surface area contributed by atoms with E-state index in [2.05, 4.69) is 4.90 Å². The van der Waals surface area contributed by atoms with Crippen LogP contribution in [0.5, 0.6) is 0 Å². The van der Waals surface area contributed by atoms with Gasteiger partial charge in [0.25, 0.3) is 11.7 Å². The van der Waals surface area contributed by atoms with E-state index in [-0.39, 0.29) is 17.0 Å². The van der Waals surface area contributed by atoms with E-state index < -0.39 is 28.9 Å². The lowest BCUT2D eigenvalue weighted by Crippen LogP contribution is -2.47. The number of hydrogen-bond acceptors (Lipinski definition) is 6. The van der Waals surface area contributed by atoms with Crippen molar-refractivity contribution >= 4 is 39.9 Å². The Kier molecular flexibility index (Phi) is 5.98. The SMILES string of the molecule is O=C1C(=O)N(CCCN2CCN(c3cc4c(cc3F)c(=O)c(C(=O)O)cn4C3CC3)CC2)c2ccccc21. The van der Waals surface area contributed by atoms with Crippen LogP contribution in [0.15, 0.2) is 47.4 Å². The number of hydrogen-bond donors (Lipinski definition) is 1. The fourth-order valence-corrected chi connectivity index (χ4v) is 5.54. The van der Waals surface area contributed by atoms with Crippen molar-refractivity contribution in [3.63, 3.8) is 0 Å². The number of aromatic carboxylic acids is 1. The highest BCUT2D eigenvalue weighted by Gasteiger charge is 2.35. The summed E-state index contributed by atoms with van der Waals surface area (Å²) in [6.07, 6.45) is 3.88. The number of carboxylic acid groups (broad SMARTS) is 1. The molecule has 0 radical (unpaired) electrons. The van der Waals surface area contributed by atoms with Crippen molar-refractivity contribution in [3.05, 3.63) is 69.8 Å². The first-order valence-corrected chi connectivity index (χ1v) is 12.9. The van der Waals surface area contributed by atoms with Crippen LogP contribution < -0.4 is 15.2 Å². The Labute approximate surface area is 217 Å². The minimum absolute atomic E-state index is 0.0909. The smallest absolute Gasteiger partial charge is 0.341 e. The first kappa shape index (κ1) is 24.3. The number of anilines is 2. The van der Waals surface area contributed by atoms with E-state index in [1.54, 1.807) is 29.2 Å². The number of rotatable bonds is 7. The lowest BCUT2D eigenvalue weighted by Gasteiger charge is -2.36. The van der Waals surface area contributed by atoms with Gasteiger partial charge in [0.2, 0.25) is 5.43 Å². The molecule has 2 aromatic carbocycles. The van der Waals surface area contributed by atoms with E-state index in [9.17, 15) is 24.3 Å². The Morgan fingerprint density at radius 3 is 2.42 bits per heavy atom. The van der Waals surface area contributed by atoms with E-state index in [1.165, 1.54) is 12.3 Å². The molecular formula is C28H27FN4O5. The number of aromatic nitrogens is 1. The molecule has 1 saturated heterocycles. The summed E-state index contributed by atoms with van der Waals surface area (Å²) >= 11 is 0. The average Bonchev–Trinajstić information content (AvgIpc) is 3.73. The number of carbonyl (C=O) groups excluding carboxylic acids is 2. The molecule has 38 heavy (non-hydrogen) atoms. The number of carbonyl (C=O) groups is 3. The third kappa shape index (κ3) is 4.14. The Morgan fingerprint density at radius 2 is 1.71 bits per heavy atom. The second kappa shape index (κ2) is 9.36. The van der Waals surface area contributed by atoms with Crippen LogP contribution in [-0.4, -0.2) is 71.5 Å². The van der Waals surface area contributed by atoms with Crippen molar-refractivity contribution in [1.82, 2.24) is 9.47 Å². The Bertz CT molecular complexity index is 1540. The summed E-state index contributed by atoms with van der Waals surface area (Å²) in [5.41, 5.74) is 1.08. The zero-order valence-corrected chi connectivity index (χ0v) is 20.7. The molecule has 0 unspecified atom stereocenters. The van der Waals surface area contributed by atoms with Gasteiger partial charge in [-0.2, -0.15) is 0 Å². The molecule has 0 atom stereocenters. The topological polar surface area (TPSA) is 103 Å². The van der Waals surface area contributed by atoms with Crippen LogP contribution in [0.25, 0.3) is 10.9 Å². The van der Waals surface area contributed by atoms with Gasteiger partial charge in [-0.1, -0.05) is 12.1 Å². The van der Waals surface area contributed by atoms with E-state index in [4.69, 9.17) is 0 Å². The van der Waals surface area contributed by atoms with Crippen molar-refractivity contribution in [2.24, 2.45) is 0 Å². The maximum Gasteiger partial charge on any atom is 0.341 e. The number of fused-ring (bicyclic) bond motifs is 2. The van der Waals surface area contributed by atoms with Gasteiger partial charge in [-0.3, -0.25) is 19.3 Å². The number of amides is 1. The molecule has 1 aliphatic carbocycles. The molecule has 1 saturated carbocycles. The molecule has 1 amide bonds. The van der Waals surface area contributed by atoms with E-state index in [1.807, 2.05) is 15.5 Å². The Morgan fingerprint density at radius 1 is 0.974 bits per heavy atom. The predicted octanol–water partition coefficient (Wildman–Crippen LogP) is 2.92.